The summed E-state index contributed by atoms with van der Waals surface area (Å²) in [6, 6.07) is 5.47. The van der Waals surface area contributed by atoms with E-state index in [1.54, 1.807) is 6.07 Å². The van der Waals surface area contributed by atoms with Crippen molar-refractivity contribution in [2.24, 2.45) is 5.92 Å². The minimum Gasteiger partial charge on any atom is -0.122 e. The van der Waals surface area contributed by atoms with Gasteiger partial charge in [-0.1, -0.05) is 37.0 Å². The zero-order valence-corrected chi connectivity index (χ0v) is 10.5. The van der Waals surface area contributed by atoms with E-state index in [-0.39, 0.29) is 5.38 Å². The first-order valence-electron chi connectivity index (χ1n) is 4.58. The molecule has 0 amide bonds. The molecule has 0 aromatic heterocycles. The SMILES string of the molecule is CC(C)C(Cl)Cc1cc(Cl)ccc1Cl. The number of rotatable bonds is 3. The van der Waals surface area contributed by atoms with E-state index in [0.717, 1.165) is 17.0 Å². The molecule has 78 valence electrons. The van der Waals surface area contributed by atoms with Gasteiger partial charge < -0.3 is 0 Å². The Labute approximate surface area is 100 Å². The Bertz CT molecular complexity index is 307. The Morgan fingerprint density at radius 3 is 2.43 bits per heavy atom. The summed E-state index contributed by atoms with van der Waals surface area (Å²) in [5.74, 6) is 0.437. The molecular formula is C11H13Cl3. The summed E-state index contributed by atoms with van der Waals surface area (Å²) in [6.07, 6.45) is 0.763. The van der Waals surface area contributed by atoms with Crippen molar-refractivity contribution in [2.45, 2.75) is 25.6 Å². The third kappa shape index (κ3) is 3.34. The van der Waals surface area contributed by atoms with Gasteiger partial charge >= 0.3 is 0 Å². The van der Waals surface area contributed by atoms with E-state index in [1.807, 2.05) is 12.1 Å². The second-order valence-electron chi connectivity index (χ2n) is 3.70. The molecule has 0 fully saturated rings. The zero-order valence-electron chi connectivity index (χ0n) is 8.23. The van der Waals surface area contributed by atoms with Crippen LogP contribution >= 0.6 is 34.8 Å². The van der Waals surface area contributed by atoms with Gasteiger partial charge in [-0.3, -0.25) is 0 Å². The molecule has 1 unspecified atom stereocenters. The second kappa shape index (κ2) is 5.25. The van der Waals surface area contributed by atoms with Crippen molar-refractivity contribution in [1.29, 1.82) is 0 Å². The highest BCUT2D eigenvalue weighted by Crippen LogP contribution is 2.25. The predicted molar refractivity (Wildman–Crippen MR) is 64.6 cm³/mol. The first-order chi connectivity index (χ1) is 6.50. The van der Waals surface area contributed by atoms with Crippen LogP contribution in [0.5, 0.6) is 0 Å². The van der Waals surface area contributed by atoms with Gasteiger partial charge in [0.25, 0.3) is 0 Å². The summed E-state index contributed by atoms with van der Waals surface area (Å²) in [4.78, 5) is 0. The molecule has 1 aromatic carbocycles. The summed E-state index contributed by atoms with van der Waals surface area (Å²) < 4.78 is 0. The Morgan fingerprint density at radius 1 is 1.21 bits per heavy atom. The third-order valence-electron chi connectivity index (χ3n) is 2.15. The van der Waals surface area contributed by atoms with E-state index in [0.29, 0.717) is 10.9 Å². The Balaban J connectivity index is 2.80. The van der Waals surface area contributed by atoms with E-state index in [2.05, 4.69) is 13.8 Å². The van der Waals surface area contributed by atoms with Crippen molar-refractivity contribution in [2.75, 3.05) is 0 Å². The Hall–Kier alpha value is 0.0900. The molecule has 14 heavy (non-hydrogen) atoms. The van der Waals surface area contributed by atoms with Crippen LogP contribution in [0.2, 0.25) is 10.0 Å². The van der Waals surface area contributed by atoms with Gasteiger partial charge in [-0.05, 0) is 36.1 Å². The molecule has 0 spiro atoms. The number of alkyl halides is 1. The van der Waals surface area contributed by atoms with Gasteiger partial charge in [-0.25, -0.2) is 0 Å². The summed E-state index contributed by atoms with van der Waals surface area (Å²) >= 11 is 18.1. The fourth-order valence-electron chi connectivity index (χ4n) is 1.15. The standard InChI is InChI=1S/C11H13Cl3/c1-7(2)11(14)6-8-5-9(12)3-4-10(8)13/h3-5,7,11H,6H2,1-2H3. The molecule has 0 aliphatic heterocycles. The lowest BCUT2D eigenvalue weighted by Gasteiger charge is -2.14. The van der Waals surface area contributed by atoms with Crippen molar-refractivity contribution in [1.82, 2.24) is 0 Å². The molecule has 1 rings (SSSR count). The molecule has 0 heterocycles. The highest BCUT2D eigenvalue weighted by Gasteiger charge is 2.12. The van der Waals surface area contributed by atoms with Crippen LogP contribution < -0.4 is 0 Å². The van der Waals surface area contributed by atoms with Crippen LogP contribution in [0.4, 0.5) is 0 Å². The second-order valence-corrected chi connectivity index (χ2v) is 5.10. The van der Waals surface area contributed by atoms with E-state index in [9.17, 15) is 0 Å². The quantitative estimate of drug-likeness (QED) is 0.677. The summed E-state index contributed by atoms with van der Waals surface area (Å²) in [7, 11) is 0. The fraction of sp³-hybridized carbons (Fsp3) is 0.455. The van der Waals surface area contributed by atoms with Crippen LogP contribution in [0.3, 0.4) is 0 Å². The van der Waals surface area contributed by atoms with Gasteiger partial charge in [0.2, 0.25) is 0 Å². The predicted octanol–water partition coefficient (Wildman–Crippen LogP) is 4.80. The van der Waals surface area contributed by atoms with E-state index in [1.165, 1.54) is 0 Å². The van der Waals surface area contributed by atoms with Crippen LogP contribution in [0.25, 0.3) is 0 Å². The van der Waals surface area contributed by atoms with Crippen molar-refractivity contribution in [3.05, 3.63) is 33.8 Å². The van der Waals surface area contributed by atoms with E-state index in [4.69, 9.17) is 34.8 Å². The van der Waals surface area contributed by atoms with Gasteiger partial charge in [0.15, 0.2) is 0 Å². The largest absolute Gasteiger partial charge is 0.122 e. The zero-order chi connectivity index (χ0) is 10.7. The van der Waals surface area contributed by atoms with Gasteiger partial charge in [-0.2, -0.15) is 0 Å². The number of hydrogen-bond acceptors (Lipinski definition) is 0. The summed E-state index contributed by atoms with van der Waals surface area (Å²) in [6.45, 7) is 4.19. The maximum absolute atomic E-state index is 6.17. The van der Waals surface area contributed by atoms with Crippen LogP contribution in [0.15, 0.2) is 18.2 Å². The van der Waals surface area contributed by atoms with Crippen molar-refractivity contribution in [3.63, 3.8) is 0 Å². The highest BCUT2D eigenvalue weighted by atomic mass is 35.5. The van der Waals surface area contributed by atoms with Crippen LogP contribution in [0, 0.1) is 5.92 Å². The molecule has 0 bridgehead atoms. The monoisotopic (exact) mass is 250 g/mol. The van der Waals surface area contributed by atoms with Gasteiger partial charge in [0, 0.05) is 15.4 Å². The molecule has 0 saturated heterocycles. The lowest BCUT2D eigenvalue weighted by molar-refractivity contribution is 0.596. The first-order valence-corrected chi connectivity index (χ1v) is 5.78. The smallest absolute Gasteiger partial charge is 0.0439 e. The number of hydrogen-bond donors (Lipinski definition) is 0. The van der Waals surface area contributed by atoms with Crippen molar-refractivity contribution >= 4 is 34.8 Å². The average molecular weight is 252 g/mol. The molecule has 0 aliphatic rings. The maximum Gasteiger partial charge on any atom is 0.0439 e. The highest BCUT2D eigenvalue weighted by molar-refractivity contribution is 6.33. The number of halogens is 3. The normalized spacial score (nSPS) is 13.3. The summed E-state index contributed by atoms with van der Waals surface area (Å²) in [5.41, 5.74) is 1.02. The Kier molecular flexibility index (Phi) is 4.56. The molecule has 3 heteroatoms. The summed E-state index contributed by atoms with van der Waals surface area (Å²) in [5, 5.41) is 1.55. The van der Waals surface area contributed by atoms with Gasteiger partial charge in [-0.15, -0.1) is 11.6 Å². The minimum absolute atomic E-state index is 0.103. The topological polar surface area (TPSA) is 0 Å². The van der Waals surface area contributed by atoms with Gasteiger partial charge in [0.1, 0.15) is 0 Å². The van der Waals surface area contributed by atoms with Crippen LogP contribution in [0.1, 0.15) is 19.4 Å². The molecule has 1 aromatic rings. The average Bonchev–Trinajstić information content (AvgIpc) is 2.11. The fourth-order valence-corrected chi connectivity index (χ4v) is 1.70. The molecule has 0 aliphatic carbocycles. The maximum atomic E-state index is 6.17. The van der Waals surface area contributed by atoms with E-state index < -0.39 is 0 Å². The van der Waals surface area contributed by atoms with Crippen LogP contribution in [-0.2, 0) is 6.42 Å². The molecule has 0 saturated carbocycles. The molecule has 0 N–H and O–H groups in total. The molecule has 0 nitrogen and oxygen atoms in total. The Morgan fingerprint density at radius 2 is 1.86 bits per heavy atom. The lowest BCUT2D eigenvalue weighted by Crippen LogP contribution is -2.11. The van der Waals surface area contributed by atoms with Crippen molar-refractivity contribution < 1.29 is 0 Å². The van der Waals surface area contributed by atoms with E-state index >= 15 is 0 Å². The third-order valence-corrected chi connectivity index (χ3v) is 3.41. The first kappa shape index (κ1) is 12.2. The number of benzene rings is 1. The van der Waals surface area contributed by atoms with Crippen LogP contribution in [-0.4, -0.2) is 5.38 Å². The molecule has 0 radical (unpaired) electrons. The van der Waals surface area contributed by atoms with Crippen molar-refractivity contribution in [3.8, 4) is 0 Å². The lowest BCUT2D eigenvalue weighted by atomic mass is 10.0. The molecule has 1 atom stereocenters. The van der Waals surface area contributed by atoms with Gasteiger partial charge in [0.05, 0.1) is 0 Å². The molecular weight excluding hydrogens is 238 g/mol. The minimum atomic E-state index is 0.103.